The molecule has 0 aliphatic carbocycles. The van der Waals surface area contributed by atoms with Crippen molar-refractivity contribution in [2.24, 2.45) is 0 Å². The molecule has 14 heavy (non-hydrogen) atoms. The van der Waals surface area contributed by atoms with Crippen LogP contribution >= 0.6 is 11.3 Å². The van der Waals surface area contributed by atoms with E-state index in [2.05, 4.69) is 4.90 Å². The normalized spacial score (nSPS) is 17.1. The van der Waals surface area contributed by atoms with E-state index in [1.165, 1.54) is 11.3 Å². The lowest BCUT2D eigenvalue weighted by Gasteiger charge is -2.27. The highest BCUT2D eigenvalue weighted by Gasteiger charge is 2.17. The van der Waals surface area contributed by atoms with E-state index in [1.54, 1.807) is 0 Å². The van der Waals surface area contributed by atoms with Crippen molar-refractivity contribution >= 4 is 28.9 Å². The molecule has 2 heterocycles. The maximum absolute atomic E-state index is 8.96. The zero-order valence-electron chi connectivity index (χ0n) is 7.72. The molecule has 6 heteroatoms. The monoisotopic (exact) mass is 213 g/mol. The summed E-state index contributed by atoms with van der Waals surface area (Å²) in [5.74, 6) is 0. The quantitative estimate of drug-likeness (QED) is 0.635. The Bertz CT molecular complexity index is 299. The highest BCUT2D eigenvalue weighted by atomic mass is 32.1. The molecule has 2 N–H and O–H groups in total. The smallest absolute Gasteiger partial charge is 0.423 e. The minimum atomic E-state index is -1.35. The van der Waals surface area contributed by atoms with Crippen molar-refractivity contribution in [1.29, 1.82) is 0 Å². The van der Waals surface area contributed by atoms with Crippen LogP contribution in [0, 0.1) is 0 Å². The number of morpholine rings is 1. The van der Waals surface area contributed by atoms with E-state index in [1.807, 2.05) is 11.4 Å². The maximum atomic E-state index is 8.96. The summed E-state index contributed by atoms with van der Waals surface area (Å²) in [6, 6.07) is 1.82. The fourth-order valence-corrected chi connectivity index (χ4v) is 2.25. The average molecular weight is 213 g/mol. The van der Waals surface area contributed by atoms with E-state index in [9.17, 15) is 0 Å². The van der Waals surface area contributed by atoms with Gasteiger partial charge in [-0.3, -0.25) is 0 Å². The molecule has 1 aromatic rings. The standard InChI is InChI=1S/C8H12BNO3S/c11-9(12)8-5-7(6-14-8)10-1-3-13-4-2-10/h5-6,11-12H,1-4H2. The topological polar surface area (TPSA) is 52.9 Å². The number of anilines is 1. The lowest BCUT2D eigenvalue weighted by molar-refractivity contribution is 0.123. The first kappa shape index (κ1) is 9.98. The minimum Gasteiger partial charge on any atom is -0.423 e. The van der Waals surface area contributed by atoms with Gasteiger partial charge in [0.15, 0.2) is 0 Å². The van der Waals surface area contributed by atoms with Gasteiger partial charge in [-0.25, -0.2) is 0 Å². The van der Waals surface area contributed by atoms with Gasteiger partial charge in [-0.2, -0.15) is 11.3 Å². The molecule has 2 rings (SSSR count). The molecule has 1 fully saturated rings. The van der Waals surface area contributed by atoms with Crippen molar-refractivity contribution in [3.63, 3.8) is 0 Å². The second-order valence-corrected chi connectivity index (χ2v) is 4.12. The summed E-state index contributed by atoms with van der Waals surface area (Å²) in [6.45, 7) is 3.23. The molecule has 0 radical (unpaired) electrons. The zero-order valence-corrected chi connectivity index (χ0v) is 8.54. The first-order chi connectivity index (χ1) is 6.77. The molecular weight excluding hydrogens is 201 g/mol. The molecule has 0 amide bonds. The molecule has 0 aromatic carbocycles. The summed E-state index contributed by atoms with van der Waals surface area (Å²) in [4.78, 5) is 2.19. The fraction of sp³-hybridized carbons (Fsp3) is 0.500. The largest absolute Gasteiger partial charge is 0.499 e. The number of ether oxygens (including phenoxy) is 1. The van der Waals surface area contributed by atoms with Gasteiger partial charge in [-0.05, 0) is 6.07 Å². The predicted molar refractivity (Wildman–Crippen MR) is 57.2 cm³/mol. The van der Waals surface area contributed by atoms with Crippen LogP contribution in [0.25, 0.3) is 0 Å². The third kappa shape index (κ3) is 2.09. The molecule has 0 unspecified atom stereocenters. The summed E-state index contributed by atoms with van der Waals surface area (Å²) < 4.78 is 5.83. The predicted octanol–water partition coefficient (Wildman–Crippen LogP) is -0.736. The summed E-state index contributed by atoms with van der Waals surface area (Å²) >= 11 is 1.37. The van der Waals surface area contributed by atoms with Gasteiger partial charge in [0.1, 0.15) is 0 Å². The third-order valence-electron chi connectivity index (χ3n) is 2.24. The highest BCUT2D eigenvalue weighted by molar-refractivity contribution is 7.20. The molecular formula is C8H12BNO3S. The van der Waals surface area contributed by atoms with Crippen LogP contribution in [-0.4, -0.2) is 43.5 Å². The molecule has 0 atom stereocenters. The Hall–Kier alpha value is -0.555. The van der Waals surface area contributed by atoms with Crippen molar-refractivity contribution in [1.82, 2.24) is 0 Å². The first-order valence-corrected chi connectivity index (χ1v) is 5.42. The summed E-state index contributed by atoms with van der Waals surface area (Å²) in [6.07, 6.45) is 0. The van der Waals surface area contributed by atoms with E-state index in [0.29, 0.717) is 4.78 Å². The van der Waals surface area contributed by atoms with Gasteiger partial charge < -0.3 is 19.7 Å². The van der Waals surface area contributed by atoms with E-state index < -0.39 is 7.12 Å². The third-order valence-corrected chi connectivity index (χ3v) is 3.20. The van der Waals surface area contributed by atoms with Crippen molar-refractivity contribution < 1.29 is 14.8 Å². The summed E-state index contributed by atoms with van der Waals surface area (Å²) in [7, 11) is -1.35. The molecule has 0 bridgehead atoms. The van der Waals surface area contributed by atoms with Crippen LogP contribution in [-0.2, 0) is 4.74 Å². The van der Waals surface area contributed by atoms with Crippen LogP contribution in [0.4, 0.5) is 5.69 Å². The zero-order chi connectivity index (χ0) is 9.97. The van der Waals surface area contributed by atoms with E-state index in [-0.39, 0.29) is 0 Å². The van der Waals surface area contributed by atoms with Crippen LogP contribution in [0.15, 0.2) is 11.4 Å². The highest BCUT2D eigenvalue weighted by Crippen LogP contribution is 2.17. The Kier molecular flexibility index (Phi) is 3.07. The molecule has 4 nitrogen and oxygen atoms in total. The second kappa shape index (κ2) is 4.31. The molecule has 1 aliphatic heterocycles. The summed E-state index contributed by atoms with van der Waals surface area (Å²) in [5.41, 5.74) is 1.06. The Morgan fingerprint density at radius 1 is 1.36 bits per heavy atom. The second-order valence-electron chi connectivity index (χ2n) is 3.18. The number of nitrogens with zero attached hydrogens (tertiary/aromatic N) is 1. The minimum absolute atomic E-state index is 0.589. The Balaban J connectivity index is 2.07. The van der Waals surface area contributed by atoms with Crippen LogP contribution < -0.4 is 9.68 Å². The van der Waals surface area contributed by atoms with E-state index in [4.69, 9.17) is 14.8 Å². The Labute approximate surface area is 86.9 Å². The van der Waals surface area contributed by atoms with Crippen molar-refractivity contribution in [3.8, 4) is 0 Å². The molecule has 1 aromatic heterocycles. The van der Waals surface area contributed by atoms with Gasteiger partial charge in [0, 0.05) is 28.9 Å². The number of hydrogen-bond acceptors (Lipinski definition) is 5. The average Bonchev–Trinajstić information content (AvgIpc) is 2.68. The summed E-state index contributed by atoms with van der Waals surface area (Å²) in [5, 5.41) is 19.9. The lowest BCUT2D eigenvalue weighted by atomic mass is 9.89. The van der Waals surface area contributed by atoms with Gasteiger partial charge in [0.25, 0.3) is 0 Å². The van der Waals surface area contributed by atoms with Gasteiger partial charge in [0.2, 0.25) is 0 Å². The van der Waals surface area contributed by atoms with Gasteiger partial charge in [-0.15, -0.1) is 0 Å². The molecule has 1 aliphatic rings. The molecule has 76 valence electrons. The molecule has 1 saturated heterocycles. The first-order valence-electron chi connectivity index (χ1n) is 4.54. The number of rotatable bonds is 2. The number of hydrogen-bond donors (Lipinski definition) is 2. The van der Waals surface area contributed by atoms with Crippen molar-refractivity contribution in [2.45, 2.75) is 0 Å². The van der Waals surface area contributed by atoms with Crippen LogP contribution in [0.5, 0.6) is 0 Å². The fourth-order valence-electron chi connectivity index (χ4n) is 1.46. The van der Waals surface area contributed by atoms with Crippen molar-refractivity contribution in [3.05, 3.63) is 11.4 Å². The maximum Gasteiger partial charge on any atom is 0.499 e. The van der Waals surface area contributed by atoms with E-state index in [0.717, 1.165) is 32.0 Å². The van der Waals surface area contributed by atoms with E-state index >= 15 is 0 Å². The molecule has 0 saturated carbocycles. The number of thiophene rings is 1. The van der Waals surface area contributed by atoms with Crippen LogP contribution in [0.3, 0.4) is 0 Å². The van der Waals surface area contributed by atoms with Gasteiger partial charge in [0.05, 0.1) is 13.2 Å². The van der Waals surface area contributed by atoms with Crippen LogP contribution in [0.1, 0.15) is 0 Å². The Morgan fingerprint density at radius 3 is 2.64 bits per heavy atom. The SMILES string of the molecule is OB(O)c1cc(N2CCOCC2)cs1. The van der Waals surface area contributed by atoms with Gasteiger partial charge >= 0.3 is 7.12 Å². The van der Waals surface area contributed by atoms with Gasteiger partial charge in [-0.1, -0.05) is 0 Å². The Morgan fingerprint density at radius 2 is 2.07 bits per heavy atom. The van der Waals surface area contributed by atoms with Crippen LogP contribution in [0.2, 0.25) is 0 Å². The lowest BCUT2D eigenvalue weighted by Crippen LogP contribution is -2.36. The van der Waals surface area contributed by atoms with Crippen molar-refractivity contribution in [2.75, 3.05) is 31.2 Å². The molecule has 0 spiro atoms.